The summed E-state index contributed by atoms with van der Waals surface area (Å²) in [7, 11) is 0. The maximum Gasteiger partial charge on any atom is 0.417 e. The molecule has 0 saturated heterocycles. The van der Waals surface area contributed by atoms with E-state index in [9.17, 15) is 22.8 Å². The fourth-order valence-electron chi connectivity index (χ4n) is 2.75. The Morgan fingerprint density at radius 2 is 1.97 bits per heavy atom. The third-order valence-corrected chi connectivity index (χ3v) is 5.93. The molecule has 0 aromatic carbocycles. The molecule has 0 fully saturated rings. The number of pyridine rings is 1. The second kappa shape index (κ2) is 8.60. The van der Waals surface area contributed by atoms with Gasteiger partial charge >= 0.3 is 6.18 Å². The molecular weight excluding hydrogens is 443 g/mol. The molecule has 0 aliphatic heterocycles. The van der Waals surface area contributed by atoms with Crippen LogP contribution in [0.2, 0.25) is 5.02 Å². The molecule has 2 N–H and O–H groups in total. The highest BCUT2D eigenvalue weighted by Gasteiger charge is 2.32. The minimum absolute atomic E-state index is 0.0435. The van der Waals surface area contributed by atoms with Gasteiger partial charge in [-0.25, -0.2) is 0 Å². The number of alkyl halides is 3. The van der Waals surface area contributed by atoms with Crippen LogP contribution in [-0.2, 0) is 23.9 Å². The van der Waals surface area contributed by atoms with Gasteiger partial charge in [0.05, 0.1) is 28.6 Å². The molecule has 0 spiro atoms. The van der Waals surface area contributed by atoms with Gasteiger partial charge in [-0.1, -0.05) is 18.5 Å². The second-order valence-electron chi connectivity index (χ2n) is 6.41. The van der Waals surface area contributed by atoms with E-state index in [2.05, 4.69) is 20.8 Å². The Labute approximate surface area is 178 Å². The number of carbonyl (C=O) groups is 2. The van der Waals surface area contributed by atoms with Crippen LogP contribution in [0.3, 0.4) is 0 Å². The molecule has 0 radical (unpaired) electrons. The van der Waals surface area contributed by atoms with Crippen LogP contribution in [0.1, 0.15) is 38.4 Å². The zero-order valence-corrected chi connectivity index (χ0v) is 17.5. The predicted octanol–water partition coefficient (Wildman–Crippen LogP) is 3.38. The van der Waals surface area contributed by atoms with Gasteiger partial charge in [0, 0.05) is 11.1 Å². The quantitative estimate of drug-likeness (QED) is 0.591. The molecule has 30 heavy (non-hydrogen) atoms. The Morgan fingerprint density at radius 3 is 2.60 bits per heavy atom. The Bertz CT molecular complexity index is 1110. The molecule has 0 unspecified atom stereocenters. The number of fused-ring (bicyclic) bond motifs is 1. The maximum absolute atomic E-state index is 13.0. The van der Waals surface area contributed by atoms with E-state index in [0.717, 1.165) is 33.5 Å². The number of nitrogens with zero attached hydrogens (tertiary/aromatic N) is 3. The number of nitrogens with one attached hydrogen (secondary N) is 2. The van der Waals surface area contributed by atoms with Crippen molar-refractivity contribution in [1.82, 2.24) is 25.2 Å². The lowest BCUT2D eigenvalue weighted by molar-refractivity contribution is -0.137. The summed E-state index contributed by atoms with van der Waals surface area (Å²) in [6.07, 6.45) is -2.96. The van der Waals surface area contributed by atoms with E-state index in [1.165, 1.54) is 11.3 Å². The van der Waals surface area contributed by atoms with Crippen molar-refractivity contribution >= 4 is 40.4 Å². The first-order valence-corrected chi connectivity index (χ1v) is 10.0. The zero-order valence-electron chi connectivity index (χ0n) is 15.9. The standard InChI is InChI=1S/C18H17ClF3N5O2S/c1-3-12-9(2)4-13(30-12)17(29)24-7-15(28)23-6-14-25-26-16-11(19)5-10(8-27(14)16)18(20,21)22/h4-5,8H,3,6-7H2,1-2H3,(H,23,28)(H,24,29). The average molecular weight is 460 g/mol. The number of thiophene rings is 1. The molecule has 0 atom stereocenters. The van der Waals surface area contributed by atoms with Crippen LogP contribution >= 0.6 is 22.9 Å². The summed E-state index contributed by atoms with van der Waals surface area (Å²) in [5.74, 6) is -0.825. The Morgan fingerprint density at radius 1 is 1.23 bits per heavy atom. The van der Waals surface area contributed by atoms with Crippen molar-refractivity contribution < 1.29 is 22.8 Å². The molecule has 0 aliphatic rings. The minimum Gasteiger partial charge on any atom is -0.347 e. The van der Waals surface area contributed by atoms with Gasteiger partial charge in [0.25, 0.3) is 5.91 Å². The molecular formula is C18H17ClF3N5O2S. The van der Waals surface area contributed by atoms with Crippen molar-refractivity contribution in [1.29, 1.82) is 0 Å². The van der Waals surface area contributed by atoms with Crippen molar-refractivity contribution in [2.75, 3.05) is 6.54 Å². The second-order valence-corrected chi connectivity index (χ2v) is 7.96. The minimum atomic E-state index is -4.59. The molecule has 3 aromatic rings. The molecule has 0 saturated carbocycles. The molecule has 12 heteroatoms. The molecule has 3 rings (SSSR count). The van der Waals surface area contributed by atoms with Crippen molar-refractivity contribution in [2.45, 2.75) is 33.0 Å². The summed E-state index contributed by atoms with van der Waals surface area (Å²) in [6.45, 7) is 3.43. The average Bonchev–Trinajstić information content (AvgIpc) is 3.27. The summed E-state index contributed by atoms with van der Waals surface area (Å²) in [6, 6.07) is 2.53. The summed E-state index contributed by atoms with van der Waals surface area (Å²) >= 11 is 7.22. The van der Waals surface area contributed by atoms with Gasteiger partial charge < -0.3 is 10.6 Å². The normalized spacial score (nSPS) is 11.7. The van der Waals surface area contributed by atoms with Crippen LogP contribution in [0.15, 0.2) is 18.3 Å². The lowest BCUT2D eigenvalue weighted by Crippen LogP contribution is -2.36. The number of hydrogen-bond donors (Lipinski definition) is 2. The van der Waals surface area contributed by atoms with Gasteiger partial charge in [0.15, 0.2) is 11.5 Å². The van der Waals surface area contributed by atoms with Gasteiger partial charge in [-0.3, -0.25) is 14.0 Å². The van der Waals surface area contributed by atoms with Crippen LogP contribution < -0.4 is 10.6 Å². The highest BCUT2D eigenvalue weighted by molar-refractivity contribution is 7.14. The summed E-state index contributed by atoms with van der Waals surface area (Å²) in [4.78, 5) is 25.8. The number of rotatable bonds is 6. The van der Waals surface area contributed by atoms with Gasteiger partial charge in [0.2, 0.25) is 5.91 Å². The first-order chi connectivity index (χ1) is 14.1. The predicted molar refractivity (Wildman–Crippen MR) is 106 cm³/mol. The third-order valence-electron chi connectivity index (χ3n) is 4.28. The molecule has 160 valence electrons. The van der Waals surface area contributed by atoms with Gasteiger partial charge in [0.1, 0.15) is 0 Å². The van der Waals surface area contributed by atoms with Crippen molar-refractivity contribution in [2.24, 2.45) is 0 Å². The Kier molecular flexibility index (Phi) is 6.32. The SMILES string of the molecule is CCc1sc(C(=O)NCC(=O)NCc2nnc3c(Cl)cc(C(F)(F)F)cn23)cc1C. The van der Waals surface area contributed by atoms with E-state index < -0.39 is 17.6 Å². The first-order valence-electron chi connectivity index (χ1n) is 8.84. The molecule has 3 heterocycles. The highest BCUT2D eigenvalue weighted by atomic mass is 35.5. The van der Waals surface area contributed by atoms with Crippen LogP contribution in [0.4, 0.5) is 13.2 Å². The van der Waals surface area contributed by atoms with Crippen LogP contribution in [-0.4, -0.2) is 33.0 Å². The maximum atomic E-state index is 13.0. The van der Waals surface area contributed by atoms with Crippen molar-refractivity contribution in [3.8, 4) is 0 Å². The van der Waals surface area contributed by atoms with Gasteiger partial charge in [-0.2, -0.15) is 13.2 Å². The van der Waals surface area contributed by atoms with Crippen molar-refractivity contribution in [3.05, 3.63) is 50.1 Å². The fraction of sp³-hybridized carbons (Fsp3) is 0.333. The third kappa shape index (κ3) is 4.73. The molecule has 2 amide bonds. The zero-order chi connectivity index (χ0) is 22.1. The Hall–Kier alpha value is -2.66. The van der Waals surface area contributed by atoms with E-state index in [0.29, 0.717) is 4.88 Å². The van der Waals surface area contributed by atoms with Crippen LogP contribution in [0, 0.1) is 6.92 Å². The van der Waals surface area contributed by atoms with Gasteiger partial charge in [-0.05, 0) is 31.0 Å². The van der Waals surface area contributed by atoms with E-state index >= 15 is 0 Å². The number of hydrogen-bond acceptors (Lipinski definition) is 5. The number of halogens is 4. The molecule has 0 aliphatic carbocycles. The first kappa shape index (κ1) is 22.0. The summed E-state index contributed by atoms with van der Waals surface area (Å²) < 4.78 is 40.0. The molecule has 0 bridgehead atoms. The van der Waals surface area contributed by atoms with E-state index in [4.69, 9.17) is 11.6 Å². The summed E-state index contributed by atoms with van der Waals surface area (Å²) in [5, 5.41) is 12.3. The number of aromatic nitrogens is 3. The van der Waals surface area contributed by atoms with Gasteiger partial charge in [-0.15, -0.1) is 21.5 Å². The topological polar surface area (TPSA) is 88.4 Å². The van der Waals surface area contributed by atoms with E-state index in [1.54, 1.807) is 6.07 Å². The lowest BCUT2D eigenvalue weighted by Gasteiger charge is -2.09. The fourth-order valence-corrected chi connectivity index (χ4v) is 4.02. The largest absolute Gasteiger partial charge is 0.417 e. The monoisotopic (exact) mass is 459 g/mol. The molecule has 7 nitrogen and oxygen atoms in total. The van der Waals surface area contributed by atoms with Crippen molar-refractivity contribution in [3.63, 3.8) is 0 Å². The van der Waals surface area contributed by atoms with Crippen LogP contribution in [0.25, 0.3) is 5.65 Å². The number of aryl methyl sites for hydroxylation is 2. The van der Waals surface area contributed by atoms with Crippen LogP contribution in [0.5, 0.6) is 0 Å². The lowest BCUT2D eigenvalue weighted by atomic mass is 10.2. The smallest absolute Gasteiger partial charge is 0.347 e. The van der Waals surface area contributed by atoms with E-state index in [1.807, 2.05) is 13.8 Å². The summed E-state index contributed by atoms with van der Waals surface area (Å²) in [5.41, 5.74) is 0.104. The van der Waals surface area contributed by atoms with E-state index in [-0.39, 0.29) is 35.5 Å². The number of carbonyl (C=O) groups excluding carboxylic acids is 2. The number of amides is 2. The Balaban J connectivity index is 1.62. The molecule has 3 aromatic heterocycles. The highest BCUT2D eigenvalue weighted by Crippen LogP contribution is 2.32.